The number of carbonyl (C=O) groups excluding carboxylic acids is 1. The Morgan fingerprint density at radius 3 is 1.39 bits per heavy atom. The Bertz CT molecular complexity index is 1690. The Balaban J connectivity index is 1.69. The van der Waals surface area contributed by atoms with Crippen molar-refractivity contribution in [1.82, 2.24) is 5.32 Å². The van der Waals surface area contributed by atoms with Gasteiger partial charge in [-0.1, -0.05) is 220 Å². The minimum Gasteiger partial charge on any atom is -0.394 e. The summed E-state index contributed by atoms with van der Waals surface area (Å²) in [5.74, 6) is -0.256. The number of carbonyl (C=O) groups is 1. The quantitative estimate of drug-likeness (QED) is 0.0204. The predicted molar refractivity (Wildman–Crippen MR) is 318 cm³/mol. The van der Waals surface area contributed by atoms with Gasteiger partial charge >= 0.3 is 0 Å². The van der Waals surface area contributed by atoms with Crippen LogP contribution in [0.2, 0.25) is 0 Å². The van der Waals surface area contributed by atoms with Gasteiger partial charge in [-0.25, -0.2) is 0 Å². The summed E-state index contributed by atoms with van der Waals surface area (Å²) in [7, 11) is 0. The fourth-order valence-corrected chi connectivity index (χ4v) is 9.55. The molecule has 2 rings (SSSR count). The molecule has 12 unspecified atom stereocenters. The van der Waals surface area contributed by atoms with E-state index in [1.165, 1.54) is 103 Å². The summed E-state index contributed by atoms with van der Waals surface area (Å²) in [5.41, 5.74) is 0. The first-order valence-corrected chi connectivity index (χ1v) is 31.0. The first-order valence-electron chi connectivity index (χ1n) is 31.0. The van der Waals surface area contributed by atoms with Crippen LogP contribution in [0.5, 0.6) is 0 Å². The van der Waals surface area contributed by atoms with Gasteiger partial charge in [-0.15, -0.1) is 0 Å². The normalized spacial score (nSPS) is 25.1. The van der Waals surface area contributed by atoms with E-state index in [0.29, 0.717) is 12.8 Å². The fraction of sp³-hybridized carbons (Fsp3) is 0.738. The Morgan fingerprint density at radius 1 is 0.468 bits per heavy atom. The van der Waals surface area contributed by atoms with E-state index < -0.39 is 86.8 Å². The van der Waals surface area contributed by atoms with E-state index in [1.807, 2.05) is 6.08 Å². The van der Waals surface area contributed by atoms with Crippen molar-refractivity contribution in [1.29, 1.82) is 0 Å². The molecule has 9 N–H and O–H groups in total. The van der Waals surface area contributed by atoms with Crippen LogP contribution in [0.3, 0.4) is 0 Å². The second-order valence-corrected chi connectivity index (χ2v) is 21.4. The molecule has 2 aliphatic heterocycles. The molecular weight excluding hydrogens is 1000 g/mol. The van der Waals surface area contributed by atoms with Crippen LogP contribution in [0.25, 0.3) is 0 Å². The second kappa shape index (κ2) is 49.5. The molecule has 0 aromatic carbocycles. The third-order valence-corrected chi connectivity index (χ3v) is 14.5. The van der Waals surface area contributed by atoms with Crippen molar-refractivity contribution >= 4 is 5.91 Å². The monoisotopic (exact) mass is 1110 g/mol. The smallest absolute Gasteiger partial charge is 0.220 e. The first-order chi connectivity index (χ1) is 38.6. The van der Waals surface area contributed by atoms with Gasteiger partial charge in [-0.05, 0) is 83.5 Å². The number of ether oxygens (including phenoxy) is 4. The maximum atomic E-state index is 13.3. The Labute approximate surface area is 477 Å². The van der Waals surface area contributed by atoms with Crippen molar-refractivity contribution in [2.24, 2.45) is 0 Å². The van der Waals surface area contributed by atoms with Crippen molar-refractivity contribution < 1.29 is 64.6 Å². The number of allylic oxidation sites excluding steroid dienone is 15. The lowest BCUT2D eigenvalue weighted by Gasteiger charge is -2.46. The predicted octanol–water partition coefficient (Wildman–Crippen LogP) is 11.1. The summed E-state index contributed by atoms with van der Waals surface area (Å²) < 4.78 is 22.7. The second-order valence-electron chi connectivity index (χ2n) is 21.4. The van der Waals surface area contributed by atoms with Gasteiger partial charge in [0.25, 0.3) is 0 Å². The van der Waals surface area contributed by atoms with Crippen LogP contribution in [0.1, 0.15) is 213 Å². The van der Waals surface area contributed by atoms with E-state index >= 15 is 0 Å². The molecule has 2 heterocycles. The average Bonchev–Trinajstić information content (AvgIpc) is 3.55. The minimum absolute atomic E-state index is 0.256. The van der Waals surface area contributed by atoms with Gasteiger partial charge in [-0.3, -0.25) is 4.79 Å². The van der Waals surface area contributed by atoms with Crippen LogP contribution >= 0.6 is 0 Å². The molecule has 2 aliphatic rings. The SMILES string of the molecule is CC/C=C\C/C=C\C/C=C\C/C=C\C/C=C\C/C=C\CCCCCCCCCCCCCCC(=O)NC(COC1OC(CO)C(OC2OC(CO)C(O)C(O)C2O)C(O)C1O)C(O)/C=C/CC/C=C/CCCCCCCCCC. The highest BCUT2D eigenvalue weighted by molar-refractivity contribution is 5.76. The van der Waals surface area contributed by atoms with E-state index in [2.05, 4.69) is 104 Å². The number of nitrogens with one attached hydrogen (secondary N) is 1. The zero-order valence-electron chi connectivity index (χ0n) is 48.8. The zero-order chi connectivity index (χ0) is 57.4. The lowest BCUT2D eigenvalue weighted by Crippen LogP contribution is -2.65. The molecule has 2 fully saturated rings. The summed E-state index contributed by atoms with van der Waals surface area (Å²) in [5, 5.41) is 87.0. The van der Waals surface area contributed by atoms with E-state index in [1.54, 1.807) is 6.08 Å². The first kappa shape index (κ1) is 72.0. The molecule has 14 nitrogen and oxygen atoms in total. The van der Waals surface area contributed by atoms with Gasteiger partial charge in [0.1, 0.15) is 48.8 Å². The Kier molecular flexibility index (Phi) is 45.1. The summed E-state index contributed by atoms with van der Waals surface area (Å²) in [4.78, 5) is 13.3. The molecule has 2 saturated heterocycles. The molecule has 0 aliphatic carbocycles. The summed E-state index contributed by atoms with van der Waals surface area (Å²) in [6.45, 7) is 2.64. The molecule has 0 radical (unpaired) electrons. The highest BCUT2D eigenvalue weighted by atomic mass is 16.7. The molecular formula is C65H111NO13. The van der Waals surface area contributed by atoms with Crippen molar-refractivity contribution in [2.45, 2.75) is 286 Å². The molecule has 12 atom stereocenters. The number of aliphatic hydroxyl groups is 8. The van der Waals surface area contributed by atoms with Gasteiger partial charge in [-0.2, -0.15) is 0 Å². The summed E-state index contributed by atoms with van der Waals surface area (Å²) in [6.07, 6.45) is 51.7. The van der Waals surface area contributed by atoms with E-state index in [-0.39, 0.29) is 18.9 Å². The Hall–Kier alpha value is -3.09. The molecule has 14 heteroatoms. The van der Waals surface area contributed by atoms with Crippen LogP contribution in [0.4, 0.5) is 0 Å². The summed E-state index contributed by atoms with van der Waals surface area (Å²) >= 11 is 0. The number of aliphatic hydroxyl groups excluding tert-OH is 8. The van der Waals surface area contributed by atoms with Crippen molar-refractivity contribution in [3.63, 3.8) is 0 Å². The topological polar surface area (TPSA) is 228 Å². The van der Waals surface area contributed by atoms with E-state index in [4.69, 9.17) is 18.9 Å². The molecule has 0 aromatic heterocycles. The van der Waals surface area contributed by atoms with Crippen LogP contribution in [0, 0.1) is 0 Å². The average molecular weight is 1110 g/mol. The molecule has 0 spiro atoms. The zero-order valence-corrected chi connectivity index (χ0v) is 48.8. The highest BCUT2D eigenvalue weighted by Crippen LogP contribution is 2.30. The molecule has 454 valence electrons. The van der Waals surface area contributed by atoms with Crippen molar-refractivity contribution in [3.8, 4) is 0 Å². The molecule has 1 amide bonds. The fourth-order valence-electron chi connectivity index (χ4n) is 9.55. The van der Waals surface area contributed by atoms with Crippen molar-refractivity contribution in [2.75, 3.05) is 19.8 Å². The van der Waals surface area contributed by atoms with Gasteiger partial charge < -0.3 is 65.1 Å². The minimum atomic E-state index is -1.79. The largest absolute Gasteiger partial charge is 0.394 e. The van der Waals surface area contributed by atoms with Gasteiger partial charge in [0.2, 0.25) is 5.91 Å². The van der Waals surface area contributed by atoms with Gasteiger partial charge in [0.15, 0.2) is 12.6 Å². The highest BCUT2D eigenvalue weighted by Gasteiger charge is 2.51. The molecule has 0 bridgehead atoms. The van der Waals surface area contributed by atoms with E-state index in [0.717, 1.165) is 77.0 Å². The maximum Gasteiger partial charge on any atom is 0.220 e. The number of hydrogen-bond acceptors (Lipinski definition) is 13. The van der Waals surface area contributed by atoms with Gasteiger partial charge in [0.05, 0.1) is 32.0 Å². The molecule has 0 saturated carbocycles. The lowest BCUT2D eigenvalue weighted by atomic mass is 9.97. The lowest BCUT2D eigenvalue weighted by molar-refractivity contribution is -0.359. The number of unbranched alkanes of at least 4 members (excludes halogenated alkanes) is 21. The third kappa shape index (κ3) is 34.8. The number of rotatable bonds is 48. The Morgan fingerprint density at radius 2 is 0.886 bits per heavy atom. The number of hydrogen-bond donors (Lipinski definition) is 9. The van der Waals surface area contributed by atoms with Crippen LogP contribution in [-0.2, 0) is 23.7 Å². The third-order valence-electron chi connectivity index (χ3n) is 14.5. The van der Waals surface area contributed by atoms with Crippen LogP contribution in [0.15, 0.2) is 97.2 Å². The van der Waals surface area contributed by atoms with Crippen molar-refractivity contribution in [3.05, 3.63) is 97.2 Å². The summed E-state index contributed by atoms with van der Waals surface area (Å²) in [6, 6.07) is -0.938. The van der Waals surface area contributed by atoms with E-state index in [9.17, 15) is 45.6 Å². The molecule has 0 aromatic rings. The van der Waals surface area contributed by atoms with Crippen LogP contribution < -0.4 is 5.32 Å². The van der Waals surface area contributed by atoms with Gasteiger partial charge in [0, 0.05) is 6.42 Å². The molecule has 79 heavy (non-hydrogen) atoms. The standard InChI is InChI=1S/C65H111NO13/c1-3-5-7-9-11-13-15-17-19-20-21-22-23-24-25-26-27-28-29-30-31-32-33-34-35-37-39-41-43-45-47-49-57(70)66-53(54(69)48-46-44-42-40-38-36-18-16-14-12-10-8-6-4-2)52-76-64-62(75)60(73)63(56(51-68)78-64)79-65-61(74)59(72)58(71)55(50-67)77-65/h5,7,11,13,17,19,21-22,24-25,27-28,38,40,46,48,53-56,58-65,67-69,71-75H,3-4,6,8-10,12,14-16,18,20,23,26,29-37,39,41-45,47,49-52H2,1-2H3,(H,66,70)/b7-5-,13-11-,19-17-,22-21-,25-24-,28-27-,40-38+,48-46+. The number of amides is 1. The van der Waals surface area contributed by atoms with Crippen LogP contribution in [-0.4, -0.2) is 140 Å². The maximum absolute atomic E-state index is 13.3.